The van der Waals surface area contributed by atoms with Crippen molar-refractivity contribution in [1.82, 2.24) is 4.98 Å². The number of carbonyl (C=O) groups excluding carboxylic acids is 1. The summed E-state index contributed by atoms with van der Waals surface area (Å²) in [5.74, 6) is -0.204. The lowest BCUT2D eigenvalue weighted by molar-refractivity contribution is 0.0602. The molecule has 0 atom stereocenters. The normalized spacial score (nSPS) is 10.2. The molecular weight excluding hydrogens is 238 g/mol. The Morgan fingerprint density at radius 2 is 2.06 bits per heavy atom. The Labute approximate surface area is 105 Å². The third kappa shape index (κ3) is 3.08. The molecule has 1 heterocycles. The lowest BCUT2D eigenvalue weighted by atomic mass is 10.2. The zero-order valence-electron chi connectivity index (χ0n) is 10.2. The quantitative estimate of drug-likeness (QED) is 0.573. The molecule has 100 valence electrons. The van der Waals surface area contributed by atoms with Crippen molar-refractivity contribution in [3.05, 3.63) is 17.8 Å². The first-order valence-corrected chi connectivity index (χ1v) is 5.45. The van der Waals surface area contributed by atoms with Crippen LogP contribution in [0.2, 0.25) is 0 Å². The second kappa shape index (κ2) is 6.77. The van der Waals surface area contributed by atoms with Gasteiger partial charge in [-0.2, -0.15) is 0 Å². The van der Waals surface area contributed by atoms with Gasteiger partial charge in [-0.3, -0.25) is 0 Å². The van der Waals surface area contributed by atoms with E-state index in [1.165, 1.54) is 19.4 Å². The molecule has 4 N–H and O–H groups in total. The van der Waals surface area contributed by atoms with Gasteiger partial charge in [0, 0.05) is 19.3 Å². The zero-order valence-corrected chi connectivity index (χ0v) is 10.2. The van der Waals surface area contributed by atoms with Crippen molar-refractivity contribution in [2.45, 2.75) is 0 Å². The fourth-order valence-electron chi connectivity index (χ4n) is 1.57. The third-order valence-corrected chi connectivity index (χ3v) is 2.41. The molecule has 0 aliphatic rings. The number of carbonyl (C=O) groups is 1. The van der Waals surface area contributed by atoms with Gasteiger partial charge in [0.1, 0.15) is 0 Å². The van der Waals surface area contributed by atoms with Gasteiger partial charge in [-0.15, -0.1) is 0 Å². The van der Waals surface area contributed by atoms with Gasteiger partial charge in [-0.05, 0) is 6.07 Å². The van der Waals surface area contributed by atoms with Crippen LogP contribution in [-0.2, 0) is 4.74 Å². The highest BCUT2D eigenvalue weighted by molar-refractivity contribution is 5.97. The van der Waals surface area contributed by atoms with Crippen LogP contribution in [0.15, 0.2) is 12.3 Å². The van der Waals surface area contributed by atoms with Crippen LogP contribution in [0.4, 0.5) is 11.5 Å². The summed E-state index contributed by atoms with van der Waals surface area (Å²) in [6.45, 7) is 0.317. The Morgan fingerprint density at radius 1 is 1.44 bits per heavy atom. The van der Waals surface area contributed by atoms with Crippen molar-refractivity contribution in [1.29, 1.82) is 0 Å². The first-order valence-electron chi connectivity index (χ1n) is 5.45. The van der Waals surface area contributed by atoms with Gasteiger partial charge in [-0.1, -0.05) is 0 Å². The summed E-state index contributed by atoms with van der Waals surface area (Å²) in [6.07, 6.45) is 1.43. The van der Waals surface area contributed by atoms with Gasteiger partial charge in [-0.25, -0.2) is 9.78 Å². The number of anilines is 2. The molecule has 0 amide bonds. The molecule has 0 saturated heterocycles. The molecule has 0 radical (unpaired) electrons. The maximum absolute atomic E-state index is 11.5. The van der Waals surface area contributed by atoms with Gasteiger partial charge in [0.25, 0.3) is 0 Å². The SMILES string of the molecule is COC(=O)c1ccnc(N(CCO)CCO)c1N. The van der Waals surface area contributed by atoms with Crippen molar-refractivity contribution in [2.75, 3.05) is 44.0 Å². The standard InChI is InChI=1S/C11H17N3O4/c1-18-11(17)8-2-3-13-10(9(8)12)14(4-6-15)5-7-16/h2-3,15-16H,4-7,12H2,1H3. The number of nitrogen functional groups attached to an aromatic ring is 1. The minimum absolute atomic E-state index is 0.108. The first kappa shape index (κ1) is 14.2. The number of hydrogen-bond donors (Lipinski definition) is 3. The fraction of sp³-hybridized carbons (Fsp3) is 0.455. The molecule has 18 heavy (non-hydrogen) atoms. The Balaban J connectivity index is 3.10. The lowest BCUT2D eigenvalue weighted by Crippen LogP contribution is -2.31. The summed E-state index contributed by atoms with van der Waals surface area (Å²) in [7, 11) is 1.26. The maximum atomic E-state index is 11.5. The summed E-state index contributed by atoms with van der Waals surface area (Å²) in [5, 5.41) is 17.9. The Hall–Kier alpha value is -1.86. The number of nitrogens with two attached hydrogens (primary N) is 1. The second-order valence-corrected chi connectivity index (χ2v) is 3.52. The number of pyridine rings is 1. The van der Waals surface area contributed by atoms with Gasteiger partial charge in [0.05, 0.1) is 31.6 Å². The molecule has 7 heteroatoms. The number of esters is 1. The van der Waals surface area contributed by atoms with Crippen LogP contribution >= 0.6 is 0 Å². The molecule has 1 rings (SSSR count). The van der Waals surface area contributed by atoms with Crippen LogP contribution in [-0.4, -0.2) is 54.6 Å². The molecule has 0 aliphatic heterocycles. The van der Waals surface area contributed by atoms with E-state index < -0.39 is 5.97 Å². The zero-order chi connectivity index (χ0) is 13.5. The molecule has 1 aromatic rings. The smallest absolute Gasteiger partial charge is 0.340 e. The van der Waals surface area contributed by atoms with Crippen LogP contribution in [0.25, 0.3) is 0 Å². The van der Waals surface area contributed by atoms with E-state index in [2.05, 4.69) is 9.72 Å². The Morgan fingerprint density at radius 3 is 2.56 bits per heavy atom. The Kier molecular flexibility index (Phi) is 5.34. The average molecular weight is 255 g/mol. The number of aliphatic hydroxyl groups is 2. The third-order valence-electron chi connectivity index (χ3n) is 2.41. The number of aromatic nitrogens is 1. The predicted octanol–water partition coefficient (Wildman–Crippen LogP) is -0.759. The summed E-state index contributed by atoms with van der Waals surface area (Å²) in [6, 6.07) is 1.46. The highest BCUT2D eigenvalue weighted by Crippen LogP contribution is 2.24. The molecule has 0 aliphatic carbocycles. The van der Waals surface area contributed by atoms with Crippen molar-refractivity contribution in [3.63, 3.8) is 0 Å². The van der Waals surface area contributed by atoms with E-state index in [0.29, 0.717) is 5.82 Å². The summed E-state index contributed by atoms with van der Waals surface area (Å²) >= 11 is 0. The van der Waals surface area contributed by atoms with Crippen molar-refractivity contribution in [2.24, 2.45) is 0 Å². The summed E-state index contributed by atoms with van der Waals surface area (Å²) in [5.41, 5.74) is 6.24. The van der Waals surface area contributed by atoms with Crippen LogP contribution in [0.1, 0.15) is 10.4 Å². The molecule has 0 fully saturated rings. The Bertz CT molecular complexity index is 405. The van der Waals surface area contributed by atoms with E-state index in [4.69, 9.17) is 15.9 Å². The molecule has 0 spiro atoms. The number of hydrogen-bond acceptors (Lipinski definition) is 7. The minimum Gasteiger partial charge on any atom is -0.465 e. The van der Waals surface area contributed by atoms with Gasteiger partial charge in [0.2, 0.25) is 0 Å². The van der Waals surface area contributed by atoms with E-state index in [9.17, 15) is 4.79 Å². The minimum atomic E-state index is -0.552. The molecule has 0 saturated carbocycles. The topological polar surface area (TPSA) is 109 Å². The second-order valence-electron chi connectivity index (χ2n) is 3.52. The summed E-state index contributed by atoms with van der Waals surface area (Å²) < 4.78 is 4.61. The van der Waals surface area contributed by atoms with E-state index in [0.717, 1.165) is 0 Å². The van der Waals surface area contributed by atoms with Gasteiger partial charge < -0.3 is 25.6 Å². The van der Waals surface area contributed by atoms with Gasteiger partial charge >= 0.3 is 5.97 Å². The van der Waals surface area contributed by atoms with Gasteiger partial charge in [0.15, 0.2) is 5.82 Å². The largest absolute Gasteiger partial charge is 0.465 e. The predicted molar refractivity (Wildman–Crippen MR) is 66.4 cm³/mol. The molecular formula is C11H17N3O4. The fourth-order valence-corrected chi connectivity index (χ4v) is 1.57. The molecule has 0 bridgehead atoms. The van der Waals surface area contributed by atoms with Crippen LogP contribution in [0, 0.1) is 0 Å². The van der Waals surface area contributed by atoms with Crippen molar-refractivity contribution >= 4 is 17.5 Å². The number of rotatable bonds is 6. The molecule has 0 unspecified atom stereocenters. The van der Waals surface area contributed by atoms with Crippen molar-refractivity contribution < 1.29 is 19.7 Å². The summed E-state index contributed by atoms with van der Waals surface area (Å²) in [4.78, 5) is 17.1. The highest BCUT2D eigenvalue weighted by Gasteiger charge is 2.17. The first-order chi connectivity index (χ1) is 8.65. The number of ether oxygens (including phenoxy) is 1. The van der Waals surface area contributed by atoms with Crippen LogP contribution in [0.3, 0.4) is 0 Å². The van der Waals surface area contributed by atoms with Crippen LogP contribution < -0.4 is 10.6 Å². The molecule has 1 aromatic heterocycles. The number of nitrogens with zero attached hydrogens (tertiary/aromatic N) is 2. The number of methoxy groups -OCH3 is 1. The lowest BCUT2D eigenvalue weighted by Gasteiger charge is -2.23. The van der Waals surface area contributed by atoms with E-state index >= 15 is 0 Å². The highest BCUT2D eigenvalue weighted by atomic mass is 16.5. The molecule has 7 nitrogen and oxygen atoms in total. The monoisotopic (exact) mass is 255 g/mol. The van der Waals surface area contributed by atoms with E-state index in [-0.39, 0.29) is 37.6 Å². The number of aliphatic hydroxyl groups excluding tert-OH is 2. The van der Waals surface area contributed by atoms with E-state index in [1.54, 1.807) is 4.90 Å². The van der Waals surface area contributed by atoms with Crippen LogP contribution in [0.5, 0.6) is 0 Å². The van der Waals surface area contributed by atoms with E-state index in [1.807, 2.05) is 0 Å². The van der Waals surface area contributed by atoms with Crippen molar-refractivity contribution in [3.8, 4) is 0 Å². The maximum Gasteiger partial charge on any atom is 0.340 e. The molecule has 0 aromatic carbocycles. The average Bonchev–Trinajstić information content (AvgIpc) is 2.38.